The third-order valence-corrected chi connectivity index (χ3v) is 5.52. The van der Waals surface area contributed by atoms with Crippen LogP contribution in [0.3, 0.4) is 0 Å². The Labute approximate surface area is 128 Å². The summed E-state index contributed by atoms with van der Waals surface area (Å²) in [5.41, 5.74) is 1.17. The van der Waals surface area contributed by atoms with E-state index >= 15 is 0 Å². The third-order valence-electron chi connectivity index (χ3n) is 4.13. The molecule has 1 aliphatic rings. The van der Waals surface area contributed by atoms with E-state index in [1.807, 2.05) is 12.1 Å². The second-order valence-electron chi connectivity index (χ2n) is 5.45. The van der Waals surface area contributed by atoms with Crippen LogP contribution in [0.4, 0.5) is 0 Å². The molecule has 0 radical (unpaired) electrons. The van der Waals surface area contributed by atoms with Gasteiger partial charge in [-0.05, 0) is 46.3 Å². The van der Waals surface area contributed by atoms with Gasteiger partial charge in [0, 0.05) is 5.56 Å². The van der Waals surface area contributed by atoms with Crippen molar-refractivity contribution >= 4 is 27.5 Å². The normalized spacial score (nSPS) is 19.2. The van der Waals surface area contributed by atoms with Crippen molar-refractivity contribution in [2.75, 3.05) is 14.2 Å². The van der Waals surface area contributed by atoms with Crippen molar-refractivity contribution in [3.8, 4) is 11.5 Å². The highest BCUT2D eigenvalue weighted by Crippen LogP contribution is 2.53. The Morgan fingerprint density at radius 3 is 2.26 bits per heavy atom. The lowest BCUT2D eigenvalue weighted by Gasteiger charge is -2.31. The van der Waals surface area contributed by atoms with E-state index < -0.39 is 0 Å². The molecule has 1 saturated carbocycles. The monoisotopic (exact) mass is 346 g/mol. The fourth-order valence-electron chi connectivity index (χ4n) is 2.89. The van der Waals surface area contributed by atoms with Crippen LogP contribution >= 0.6 is 27.5 Å². The predicted octanol–water partition coefficient (Wildman–Crippen LogP) is 5.33. The predicted molar refractivity (Wildman–Crippen MR) is 82.4 cm³/mol. The minimum absolute atomic E-state index is 0.0491. The molecule has 1 aromatic carbocycles. The molecule has 0 aromatic heterocycles. The summed E-state index contributed by atoms with van der Waals surface area (Å²) >= 11 is 10.2. The van der Waals surface area contributed by atoms with E-state index in [0.29, 0.717) is 0 Å². The van der Waals surface area contributed by atoms with Gasteiger partial charge in [0.05, 0.1) is 24.1 Å². The van der Waals surface area contributed by atoms with Crippen molar-refractivity contribution < 1.29 is 9.47 Å². The molecule has 0 N–H and O–H groups in total. The number of hydrogen-bond acceptors (Lipinski definition) is 2. The summed E-state index contributed by atoms with van der Waals surface area (Å²) in [5, 5.41) is -0.0491. The summed E-state index contributed by atoms with van der Waals surface area (Å²) in [6.45, 7) is 2.27. The van der Waals surface area contributed by atoms with Gasteiger partial charge in [-0.3, -0.25) is 0 Å². The zero-order valence-corrected chi connectivity index (χ0v) is 14.0. The lowest BCUT2D eigenvalue weighted by Crippen LogP contribution is -2.18. The van der Waals surface area contributed by atoms with E-state index in [-0.39, 0.29) is 10.8 Å². The van der Waals surface area contributed by atoms with Gasteiger partial charge < -0.3 is 9.47 Å². The molecule has 1 aromatic rings. The van der Waals surface area contributed by atoms with Gasteiger partial charge in [-0.1, -0.05) is 19.8 Å². The quantitative estimate of drug-likeness (QED) is 0.686. The van der Waals surface area contributed by atoms with Gasteiger partial charge in [0.2, 0.25) is 0 Å². The molecule has 4 heteroatoms. The number of benzene rings is 1. The number of rotatable bonds is 4. The first-order valence-electron chi connectivity index (χ1n) is 6.57. The van der Waals surface area contributed by atoms with Gasteiger partial charge in [0.25, 0.3) is 0 Å². The Bertz CT molecular complexity index is 456. The molecule has 2 nitrogen and oxygen atoms in total. The number of hydrogen-bond donors (Lipinski definition) is 0. The summed E-state index contributed by atoms with van der Waals surface area (Å²) in [6, 6.07) is 3.92. The van der Waals surface area contributed by atoms with Gasteiger partial charge >= 0.3 is 0 Å². The van der Waals surface area contributed by atoms with Crippen molar-refractivity contribution in [3.05, 3.63) is 22.2 Å². The van der Waals surface area contributed by atoms with Gasteiger partial charge in [-0.2, -0.15) is 0 Å². The maximum Gasteiger partial charge on any atom is 0.133 e. The largest absolute Gasteiger partial charge is 0.496 e. The van der Waals surface area contributed by atoms with Crippen molar-refractivity contribution in [1.82, 2.24) is 0 Å². The van der Waals surface area contributed by atoms with Crippen molar-refractivity contribution in [2.24, 2.45) is 5.41 Å². The molecule has 0 heterocycles. The molecule has 1 atom stereocenters. The van der Waals surface area contributed by atoms with E-state index in [2.05, 4.69) is 22.9 Å². The van der Waals surface area contributed by atoms with Gasteiger partial charge in [0.1, 0.15) is 11.5 Å². The van der Waals surface area contributed by atoms with Crippen LogP contribution in [0.5, 0.6) is 11.5 Å². The van der Waals surface area contributed by atoms with Crippen molar-refractivity contribution in [3.63, 3.8) is 0 Å². The Morgan fingerprint density at radius 2 is 1.74 bits per heavy atom. The average molecular weight is 348 g/mol. The number of halogens is 2. The second-order valence-corrected chi connectivity index (χ2v) is 6.74. The molecular weight excluding hydrogens is 328 g/mol. The van der Waals surface area contributed by atoms with E-state index in [9.17, 15) is 0 Å². The van der Waals surface area contributed by atoms with E-state index in [4.69, 9.17) is 21.1 Å². The minimum Gasteiger partial charge on any atom is -0.496 e. The molecule has 19 heavy (non-hydrogen) atoms. The van der Waals surface area contributed by atoms with Crippen molar-refractivity contribution in [2.45, 2.75) is 38.0 Å². The summed E-state index contributed by atoms with van der Waals surface area (Å²) in [5.74, 6) is 1.61. The lowest BCUT2D eigenvalue weighted by atomic mass is 9.81. The molecule has 0 amide bonds. The lowest BCUT2D eigenvalue weighted by molar-refractivity contribution is 0.311. The number of ether oxygens (including phenoxy) is 2. The Balaban J connectivity index is 2.42. The number of alkyl halides is 1. The Kier molecular flexibility index (Phi) is 4.67. The molecule has 0 saturated heterocycles. The fourth-order valence-corrected chi connectivity index (χ4v) is 3.77. The fraction of sp³-hybridized carbons (Fsp3) is 0.600. The average Bonchev–Trinajstić information content (AvgIpc) is 2.85. The Morgan fingerprint density at radius 1 is 1.16 bits per heavy atom. The first kappa shape index (κ1) is 15.0. The van der Waals surface area contributed by atoms with E-state index in [1.165, 1.54) is 25.7 Å². The van der Waals surface area contributed by atoms with Gasteiger partial charge in [-0.15, -0.1) is 11.6 Å². The van der Waals surface area contributed by atoms with Crippen LogP contribution in [0.1, 0.15) is 43.5 Å². The standard InChI is InChI=1S/C15H20BrClO2/c1-15(6-4-5-7-15)14(17)10-8-13(19-3)11(16)9-12(10)18-2/h8-9,14H,4-7H2,1-3H3. The van der Waals surface area contributed by atoms with Crippen LogP contribution in [0.15, 0.2) is 16.6 Å². The summed E-state index contributed by atoms with van der Waals surface area (Å²) in [4.78, 5) is 0. The first-order valence-corrected chi connectivity index (χ1v) is 7.80. The second kappa shape index (κ2) is 5.92. The molecule has 1 unspecified atom stereocenters. The van der Waals surface area contributed by atoms with Crippen LogP contribution in [0.2, 0.25) is 0 Å². The molecule has 0 spiro atoms. The van der Waals surface area contributed by atoms with E-state index in [0.717, 1.165) is 21.5 Å². The molecule has 2 rings (SSSR count). The zero-order valence-electron chi connectivity index (χ0n) is 11.6. The first-order chi connectivity index (χ1) is 9.01. The van der Waals surface area contributed by atoms with Crippen LogP contribution in [0.25, 0.3) is 0 Å². The molecule has 1 aliphatic carbocycles. The number of methoxy groups -OCH3 is 2. The summed E-state index contributed by atoms with van der Waals surface area (Å²) < 4.78 is 11.7. The van der Waals surface area contributed by atoms with E-state index in [1.54, 1.807) is 14.2 Å². The maximum absolute atomic E-state index is 6.77. The van der Waals surface area contributed by atoms with Gasteiger partial charge in [-0.25, -0.2) is 0 Å². The SMILES string of the molecule is COc1cc(C(Cl)C2(C)CCCC2)c(OC)cc1Br. The molecule has 1 fully saturated rings. The molecule has 0 aliphatic heterocycles. The maximum atomic E-state index is 6.77. The summed E-state index contributed by atoms with van der Waals surface area (Å²) in [6.07, 6.45) is 4.86. The van der Waals surface area contributed by atoms with Crippen LogP contribution in [-0.2, 0) is 0 Å². The van der Waals surface area contributed by atoms with Crippen LogP contribution in [-0.4, -0.2) is 14.2 Å². The smallest absolute Gasteiger partial charge is 0.133 e. The third kappa shape index (κ3) is 2.87. The zero-order chi connectivity index (χ0) is 14.0. The molecule has 0 bridgehead atoms. The molecule has 106 valence electrons. The van der Waals surface area contributed by atoms with Crippen LogP contribution in [0, 0.1) is 5.41 Å². The Hall–Kier alpha value is -0.410. The highest BCUT2D eigenvalue weighted by molar-refractivity contribution is 9.10. The topological polar surface area (TPSA) is 18.5 Å². The van der Waals surface area contributed by atoms with Crippen molar-refractivity contribution in [1.29, 1.82) is 0 Å². The van der Waals surface area contributed by atoms with Crippen LogP contribution < -0.4 is 9.47 Å². The summed E-state index contributed by atoms with van der Waals surface area (Å²) in [7, 11) is 3.34. The highest BCUT2D eigenvalue weighted by Gasteiger charge is 2.38. The molecular formula is C15H20BrClO2. The minimum atomic E-state index is -0.0491. The van der Waals surface area contributed by atoms with Gasteiger partial charge in [0.15, 0.2) is 0 Å². The highest BCUT2D eigenvalue weighted by atomic mass is 79.9.